The number of nitrogens with one attached hydrogen (secondary N) is 1. The molecule has 5 nitrogen and oxygen atoms in total. The third kappa shape index (κ3) is 5.00. The van der Waals surface area contributed by atoms with Crippen LogP contribution in [0.3, 0.4) is 0 Å². The van der Waals surface area contributed by atoms with Crippen LogP contribution >= 0.6 is 11.6 Å². The van der Waals surface area contributed by atoms with E-state index in [0.29, 0.717) is 12.2 Å². The van der Waals surface area contributed by atoms with Crippen molar-refractivity contribution >= 4 is 17.5 Å². The van der Waals surface area contributed by atoms with Crippen molar-refractivity contribution in [2.24, 2.45) is 0 Å². The highest BCUT2D eigenvalue weighted by Crippen LogP contribution is 2.41. The van der Waals surface area contributed by atoms with Gasteiger partial charge < -0.3 is 10.2 Å². The SMILES string of the molecule is CNCC1(c2cccc(Cl)c2)CCC(N(Cc2ccccc2)C(=O)c2cccnn2)CC1. The van der Waals surface area contributed by atoms with Gasteiger partial charge in [-0.25, -0.2) is 0 Å². The number of hydrogen-bond donors (Lipinski definition) is 1. The molecule has 2 aromatic carbocycles. The van der Waals surface area contributed by atoms with Crippen LogP contribution in [0.25, 0.3) is 0 Å². The molecule has 1 aliphatic rings. The Bertz CT molecular complexity index is 1020. The van der Waals surface area contributed by atoms with Gasteiger partial charge in [-0.15, -0.1) is 5.10 Å². The topological polar surface area (TPSA) is 58.1 Å². The Morgan fingerprint density at radius 3 is 2.53 bits per heavy atom. The van der Waals surface area contributed by atoms with Crippen molar-refractivity contribution in [2.75, 3.05) is 13.6 Å². The number of benzene rings is 2. The van der Waals surface area contributed by atoms with Crippen LogP contribution in [-0.2, 0) is 12.0 Å². The molecular formula is C26H29ClN4O. The fraction of sp³-hybridized carbons (Fsp3) is 0.346. The number of likely N-dealkylation sites (N-methyl/N-ethyl adjacent to an activating group) is 1. The summed E-state index contributed by atoms with van der Waals surface area (Å²) in [5.41, 5.74) is 2.80. The molecule has 1 heterocycles. The largest absolute Gasteiger partial charge is 0.330 e. The second-order valence-corrected chi connectivity index (χ2v) is 9.02. The summed E-state index contributed by atoms with van der Waals surface area (Å²) in [5.74, 6) is -0.0594. The molecular weight excluding hydrogens is 420 g/mol. The number of aromatic nitrogens is 2. The number of rotatable bonds is 7. The van der Waals surface area contributed by atoms with Gasteiger partial charge in [-0.2, -0.15) is 5.10 Å². The molecule has 32 heavy (non-hydrogen) atoms. The zero-order valence-corrected chi connectivity index (χ0v) is 19.1. The lowest BCUT2D eigenvalue weighted by Gasteiger charge is -2.44. The standard InChI is InChI=1S/C26H29ClN4O/c1-28-19-26(21-9-5-10-22(27)17-21)14-12-23(13-15-26)31(18-20-7-3-2-4-8-20)25(32)24-11-6-16-29-30-24/h2-11,16-17,23,28H,12-15,18-19H2,1H3. The molecule has 0 unspecified atom stereocenters. The average molecular weight is 449 g/mol. The number of amides is 1. The van der Waals surface area contributed by atoms with Gasteiger partial charge in [-0.3, -0.25) is 4.79 Å². The van der Waals surface area contributed by atoms with E-state index in [-0.39, 0.29) is 17.4 Å². The number of halogens is 1. The summed E-state index contributed by atoms with van der Waals surface area (Å²) < 4.78 is 0. The molecule has 1 aliphatic carbocycles. The van der Waals surface area contributed by atoms with Crippen molar-refractivity contribution in [2.45, 2.75) is 43.7 Å². The summed E-state index contributed by atoms with van der Waals surface area (Å²) in [7, 11) is 2.00. The summed E-state index contributed by atoms with van der Waals surface area (Å²) in [5, 5.41) is 12.2. The van der Waals surface area contributed by atoms with Crippen molar-refractivity contribution in [3.8, 4) is 0 Å². The Balaban J connectivity index is 1.58. The van der Waals surface area contributed by atoms with Crippen LogP contribution in [0, 0.1) is 0 Å². The van der Waals surface area contributed by atoms with Gasteiger partial charge in [0.15, 0.2) is 5.69 Å². The van der Waals surface area contributed by atoms with E-state index in [1.54, 1.807) is 18.3 Å². The molecule has 1 amide bonds. The van der Waals surface area contributed by atoms with Crippen LogP contribution in [0.5, 0.6) is 0 Å². The van der Waals surface area contributed by atoms with E-state index in [4.69, 9.17) is 11.6 Å². The van der Waals surface area contributed by atoms with Gasteiger partial charge in [0, 0.05) is 35.8 Å². The van der Waals surface area contributed by atoms with Gasteiger partial charge in [0.1, 0.15) is 0 Å². The molecule has 0 aliphatic heterocycles. The van der Waals surface area contributed by atoms with Gasteiger partial charge in [0.2, 0.25) is 0 Å². The van der Waals surface area contributed by atoms with Crippen molar-refractivity contribution in [1.82, 2.24) is 20.4 Å². The van der Waals surface area contributed by atoms with Crippen molar-refractivity contribution in [3.05, 3.63) is 94.8 Å². The van der Waals surface area contributed by atoms with Crippen LogP contribution in [0.4, 0.5) is 0 Å². The zero-order chi connectivity index (χ0) is 22.4. The molecule has 0 bridgehead atoms. The monoisotopic (exact) mass is 448 g/mol. The van der Waals surface area contributed by atoms with Crippen LogP contribution in [0.15, 0.2) is 72.9 Å². The third-order valence-corrected chi connectivity index (χ3v) is 6.79. The van der Waals surface area contributed by atoms with E-state index in [0.717, 1.165) is 42.8 Å². The maximum Gasteiger partial charge on any atom is 0.274 e. The van der Waals surface area contributed by atoms with E-state index in [1.807, 2.05) is 42.3 Å². The fourth-order valence-electron chi connectivity index (χ4n) is 4.90. The summed E-state index contributed by atoms with van der Waals surface area (Å²) in [6, 6.07) is 22.0. The van der Waals surface area contributed by atoms with E-state index < -0.39 is 0 Å². The van der Waals surface area contributed by atoms with Crippen molar-refractivity contribution in [3.63, 3.8) is 0 Å². The first-order valence-corrected chi connectivity index (χ1v) is 11.5. The lowest BCUT2D eigenvalue weighted by molar-refractivity contribution is 0.0562. The molecule has 0 atom stereocenters. The highest BCUT2D eigenvalue weighted by Gasteiger charge is 2.39. The second-order valence-electron chi connectivity index (χ2n) is 8.58. The predicted molar refractivity (Wildman–Crippen MR) is 128 cm³/mol. The third-order valence-electron chi connectivity index (χ3n) is 6.55. The van der Waals surface area contributed by atoms with Crippen molar-refractivity contribution in [1.29, 1.82) is 0 Å². The first kappa shape index (κ1) is 22.4. The molecule has 1 N–H and O–H groups in total. The fourth-order valence-corrected chi connectivity index (χ4v) is 5.09. The van der Waals surface area contributed by atoms with Crippen LogP contribution < -0.4 is 5.32 Å². The minimum Gasteiger partial charge on any atom is -0.330 e. The van der Waals surface area contributed by atoms with Gasteiger partial charge in [0.05, 0.1) is 0 Å². The lowest BCUT2D eigenvalue weighted by Crippen LogP contribution is -2.47. The first-order valence-electron chi connectivity index (χ1n) is 11.1. The van der Waals surface area contributed by atoms with E-state index >= 15 is 0 Å². The Morgan fingerprint density at radius 1 is 1.09 bits per heavy atom. The summed E-state index contributed by atoms with van der Waals surface area (Å²) in [6.45, 7) is 1.45. The van der Waals surface area contributed by atoms with E-state index in [2.05, 4.69) is 39.8 Å². The van der Waals surface area contributed by atoms with E-state index in [1.165, 1.54) is 5.56 Å². The zero-order valence-electron chi connectivity index (χ0n) is 18.4. The average Bonchev–Trinajstić information content (AvgIpc) is 2.84. The van der Waals surface area contributed by atoms with Gasteiger partial charge >= 0.3 is 0 Å². The van der Waals surface area contributed by atoms with Crippen LogP contribution in [0.1, 0.15) is 47.3 Å². The number of nitrogens with zero attached hydrogens (tertiary/aromatic N) is 3. The highest BCUT2D eigenvalue weighted by molar-refractivity contribution is 6.30. The maximum absolute atomic E-state index is 13.4. The van der Waals surface area contributed by atoms with Crippen molar-refractivity contribution < 1.29 is 4.79 Å². The van der Waals surface area contributed by atoms with E-state index in [9.17, 15) is 4.79 Å². The minimum atomic E-state index is -0.0594. The first-order chi connectivity index (χ1) is 15.6. The number of hydrogen-bond acceptors (Lipinski definition) is 4. The maximum atomic E-state index is 13.4. The predicted octanol–water partition coefficient (Wildman–Crippen LogP) is 4.87. The molecule has 0 spiro atoms. The summed E-state index contributed by atoms with van der Waals surface area (Å²) >= 11 is 6.32. The number of carbonyl (C=O) groups excluding carboxylic acids is 1. The molecule has 4 rings (SSSR count). The smallest absolute Gasteiger partial charge is 0.274 e. The molecule has 1 aromatic heterocycles. The normalized spacial score (nSPS) is 20.6. The lowest BCUT2D eigenvalue weighted by atomic mass is 9.67. The summed E-state index contributed by atoms with van der Waals surface area (Å²) in [4.78, 5) is 15.4. The van der Waals surface area contributed by atoms with Gasteiger partial charge in [-0.05, 0) is 68.1 Å². The minimum absolute atomic E-state index is 0.0180. The molecule has 1 saturated carbocycles. The Hall–Kier alpha value is -2.76. The quantitative estimate of drug-likeness (QED) is 0.560. The summed E-state index contributed by atoms with van der Waals surface area (Å²) in [6.07, 6.45) is 5.41. The van der Waals surface area contributed by atoms with Gasteiger partial charge in [0.25, 0.3) is 5.91 Å². The van der Waals surface area contributed by atoms with Gasteiger partial charge in [-0.1, -0.05) is 54.1 Å². The Morgan fingerprint density at radius 2 is 1.88 bits per heavy atom. The molecule has 3 aromatic rings. The van der Waals surface area contributed by atoms with Crippen LogP contribution in [-0.4, -0.2) is 40.6 Å². The molecule has 166 valence electrons. The molecule has 6 heteroatoms. The Labute approximate surface area is 194 Å². The second kappa shape index (κ2) is 10.2. The van der Waals surface area contributed by atoms with Crippen LogP contribution in [0.2, 0.25) is 5.02 Å². The number of carbonyl (C=O) groups is 1. The highest BCUT2D eigenvalue weighted by atomic mass is 35.5. The molecule has 0 saturated heterocycles. The molecule has 1 fully saturated rings. The Kier molecular flexibility index (Phi) is 7.18. The molecule has 0 radical (unpaired) electrons.